The topological polar surface area (TPSA) is 94.1 Å². The number of carbonyl (C=O) groups is 2. The van der Waals surface area contributed by atoms with Crippen LogP contribution in [0.3, 0.4) is 0 Å². The summed E-state index contributed by atoms with van der Waals surface area (Å²) >= 11 is 0. The molecule has 7 nitrogen and oxygen atoms in total. The predicted octanol–water partition coefficient (Wildman–Crippen LogP) is 1.08. The molecule has 0 aliphatic carbocycles. The number of hydrogen-bond donors (Lipinski definition) is 2. The normalized spacial score (nSPS) is 19.4. The van der Waals surface area contributed by atoms with Crippen LogP contribution in [-0.4, -0.2) is 55.7 Å². The van der Waals surface area contributed by atoms with Gasteiger partial charge in [0.05, 0.1) is 19.8 Å². The van der Waals surface area contributed by atoms with E-state index in [1.165, 1.54) is 0 Å². The lowest BCUT2D eigenvalue weighted by atomic mass is 10.2. The molecular weight excluding hydrogens is 290 g/mol. The Bertz CT molecular complexity index is 354. The number of carboxylic acids is 1. The number of amides is 1. The van der Waals surface area contributed by atoms with E-state index in [1.807, 2.05) is 0 Å². The van der Waals surface area contributed by atoms with Gasteiger partial charge in [0.25, 0.3) is 0 Å². The van der Waals surface area contributed by atoms with Gasteiger partial charge in [-0.05, 0) is 25.7 Å². The van der Waals surface area contributed by atoms with Crippen LogP contribution in [0.15, 0.2) is 12.7 Å². The first-order valence-electron chi connectivity index (χ1n) is 7.57. The van der Waals surface area contributed by atoms with Gasteiger partial charge in [-0.3, -0.25) is 4.79 Å². The molecule has 126 valence electrons. The minimum Gasteiger partial charge on any atom is -0.480 e. The third kappa shape index (κ3) is 8.11. The summed E-state index contributed by atoms with van der Waals surface area (Å²) in [5.41, 5.74) is 0. The minimum atomic E-state index is -1.12. The van der Waals surface area contributed by atoms with Gasteiger partial charge in [-0.2, -0.15) is 0 Å². The Balaban J connectivity index is 2.13. The van der Waals surface area contributed by atoms with Gasteiger partial charge in [0.15, 0.2) is 12.3 Å². The average Bonchev–Trinajstić information content (AvgIpc) is 2.52. The Labute approximate surface area is 130 Å². The lowest BCUT2D eigenvalue weighted by Crippen LogP contribution is -2.44. The highest BCUT2D eigenvalue weighted by molar-refractivity contribution is 5.83. The lowest BCUT2D eigenvalue weighted by Gasteiger charge is -2.22. The zero-order valence-electron chi connectivity index (χ0n) is 12.8. The van der Waals surface area contributed by atoms with Crippen molar-refractivity contribution in [3.8, 4) is 0 Å². The second-order valence-corrected chi connectivity index (χ2v) is 5.03. The highest BCUT2D eigenvalue weighted by Gasteiger charge is 2.20. The van der Waals surface area contributed by atoms with Gasteiger partial charge < -0.3 is 24.6 Å². The standard InChI is InChI=1S/C15H25NO6/c1-2-3-6-13(17)16-12(15(18)19)11-20-9-10-22-14-7-4-5-8-21-14/h2,12,14H,1,3-11H2,(H,16,17)(H,18,19). The number of allylic oxidation sites excluding steroid dienone is 1. The highest BCUT2D eigenvalue weighted by Crippen LogP contribution is 2.13. The Hall–Kier alpha value is -1.44. The number of nitrogens with one attached hydrogen (secondary N) is 1. The summed E-state index contributed by atoms with van der Waals surface area (Å²) < 4.78 is 16.1. The molecule has 1 saturated heterocycles. The Kier molecular flexibility index (Phi) is 9.45. The molecule has 0 bridgehead atoms. The molecule has 1 amide bonds. The molecule has 1 fully saturated rings. The van der Waals surface area contributed by atoms with Gasteiger partial charge in [0.1, 0.15) is 0 Å². The van der Waals surface area contributed by atoms with Gasteiger partial charge >= 0.3 is 5.97 Å². The first-order valence-corrected chi connectivity index (χ1v) is 7.57. The van der Waals surface area contributed by atoms with E-state index in [0.717, 1.165) is 19.3 Å². The van der Waals surface area contributed by atoms with E-state index in [-0.39, 0.29) is 31.8 Å². The second kappa shape index (κ2) is 11.2. The number of rotatable bonds is 11. The summed E-state index contributed by atoms with van der Waals surface area (Å²) in [6.07, 6.45) is 5.16. The zero-order chi connectivity index (χ0) is 16.2. The summed E-state index contributed by atoms with van der Waals surface area (Å²) in [6.45, 7) is 4.72. The maximum absolute atomic E-state index is 11.5. The largest absolute Gasteiger partial charge is 0.480 e. The van der Waals surface area contributed by atoms with Crippen LogP contribution < -0.4 is 5.32 Å². The summed E-state index contributed by atoms with van der Waals surface area (Å²) in [5, 5.41) is 11.5. The van der Waals surface area contributed by atoms with Gasteiger partial charge in [-0.15, -0.1) is 6.58 Å². The summed E-state index contributed by atoms with van der Waals surface area (Å²) in [6, 6.07) is -1.05. The fraction of sp³-hybridized carbons (Fsp3) is 0.733. The van der Waals surface area contributed by atoms with Crippen LogP contribution in [0.1, 0.15) is 32.1 Å². The summed E-state index contributed by atoms with van der Waals surface area (Å²) in [4.78, 5) is 22.5. The quantitative estimate of drug-likeness (QED) is 0.438. The number of carboxylic acid groups (broad SMARTS) is 1. The molecule has 22 heavy (non-hydrogen) atoms. The maximum Gasteiger partial charge on any atom is 0.328 e. The maximum atomic E-state index is 11.5. The Morgan fingerprint density at radius 2 is 2.23 bits per heavy atom. The van der Waals surface area contributed by atoms with Gasteiger partial charge in [-0.1, -0.05) is 6.08 Å². The molecule has 0 aromatic heterocycles. The Morgan fingerprint density at radius 3 is 2.86 bits per heavy atom. The van der Waals surface area contributed by atoms with Crippen molar-refractivity contribution < 1.29 is 28.9 Å². The van der Waals surface area contributed by atoms with Crippen molar-refractivity contribution in [1.29, 1.82) is 0 Å². The molecule has 1 rings (SSSR count). The van der Waals surface area contributed by atoms with E-state index in [9.17, 15) is 9.59 Å². The molecule has 0 spiro atoms. The molecule has 7 heteroatoms. The number of hydrogen-bond acceptors (Lipinski definition) is 5. The van der Waals surface area contributed by atoms with E-state index >= 15 is 0 Å². The highest BCUT2D eigenvalue weighted by atomic mass is 16.7. The van der Waals surface area contributed by atoms with Crippen molar-refractivity contribution in [3.63, 3.8) is 0 Å². The molecular formula is C15H25NO6. The van der Waals surface area contributed by atoms with E-state index in [2.05, 4.69) is 11.9 Å². The van der Waals surface area contributed by atoms with E-state index in [0.29, 0.717) is 19.6 Å². The van der Waals surface area contributed by atoms with Gasteiger partial charge in [0, 0.05) is 13.0 Å². The van der Waals surface area contributed by atoms with Crippen LogP contribution >= 0.6 is 0 Å². The molecule has 0 saturated carbocycles. The SMILES string of the molecule is C=CCCC(=O)NC(COCCOC1CCCCO1)C(=O)O. The monoisotopic (exact) mass is 315 g/mol. The van der Waals surface area contributed by atoms with Crippen LogP contribution in [0.25, 0.3) is 0 Å². The van der Waals surface area contributed by atoms with E-state index in [1.54, 1.807) is 6.08 Å². The van der Waals surface area contributed by atoms with Gasteiger partial charge in [-0.25, -0.2) is 4.79 Å². The lowest BCUT2D eigenvalue weighted by molar-refractivity contribution is -0.170. The van der Waals surface area contributed by atoms with Crippen LogP contribution in [-0.2, 0) is 23.8 Å². The second-order valence-electron chi connectivity index (χ2n) is 5.03. The minimum absolute atomic E-state index is 0.0932. The van der Waals surface area contributed by atoms with Crippen molar-refractivity contribution in [3.05, 3.63) is 12.7 Å². The number of ether oxygens (including phenoxy) is 3. The number of aliphatic carboxylic acids is 1. The van der Waals surface area contributed by atoms with Crippen molar-refractivity contribution in [2.75, 3.05) is 26.4 Å². The van der Waals surface area contributed by atoms with Crippen LogP contribution in [0.2, 0.25) is 0 Å². The first kappa shape index (κ1) is 18.6. The molecule has 2 atom stereocenters. The molecule has 2 N–H and O–H groups in total. The predicted molar refractivity (Wildman–Crippen MR) is 79.4 cm³/mol. The summed E-state index contributed by atoms with van der Waals surface area (Å²) in [5.74, 6) is -1.45. The van der Waals surface area contributed by atoms with Crippen molar-refractivity contribution >= 4 is 11.9 Å². The smallest absolute Gasteiger partial charge is 0.328 e. The molecule has 1 aliphatic heterocycles. The average molecular weight is 315 g/mol. The molecule has 0 radical (unpaired) electrons. The van der Waals surface area contributed by atoms with Crippen LogP contribution in [0, 0.1) is 0 Å². The van der Waals surface area contributed by atoms with Gasteiger partial charge in [0.2, 0.25) is 5.91 Å². The fourth-order valence-electron chi connectivity index (χ4n) is 1.96. The molecule has 2 unspecified atom stereocenters. The van der Waals surface area contributed by atoms with Crippen molar-refractivity contribution in [1.82, 2.24) is 5.32 Å². The van der Waals surface area contributed by atoms with Crippen LogP contribution in [0.4, 0.5) is 0 Å². The molecule has 0 aromatic carbocycles. The third-order valence-electron chi connectivity index (χ3n) is 3.16. The van der Waals surface area contributed by atoms with Crippen molar-refractivity contribution in [2.45, 2.75) is 44.4 Å². The Morgan fingerprint density at radius 1 is 1.41 bits per heavy atom. The molecule has 1 heterocycles. The first-order chi connectivity index (χ1) is 10.6. The van der Waals surface area contributed by atoms with Crippen LogP contribution in [0.5, 0.6) is 0 Å². The van der Waals surface area contributed by atoms with E-state index < -0.39 is 12.0 Å². The fourth-order valence-corrected chi connectivity index (χ4v) is 1.96. The summed E-state index contributed by atoms with van der Waals surface area (Å²) in [7, 11) is 0. The third-order valence-corrected chi connectivity index (χ3v) is 3.16. The van der Waals surface area contributed by atoms with Crippen molar-refractivity contribution in [2.24, 2.45) is 0 Å². The zero-order valence-corrected chi connectivity index (χ0v) is 12.8. The molecule has 1 aliphatic rings. The van der Waals surface area contributed by atoms with E-state index in [4.69, 9.17) is 19.3 Å². The molecule has 0 aromatic rings. The number of carbonyl (C=O) groups excluding carboxylic acids is 1.